The lowest BCUT2D eigenvalue weighted by molar-refractivity contribution is -0.137. The van der Waals surface area contributed by atoms with E-state index in [2.05, 4.69) is 4.72 Å². The summed E-state index contributed by atoms with van der Waals surface area (Å²) in [6.07, 6.45) is -4.59. The average molecular weight is 400 g/mol. The van der Waals surface area contributed by atoms with Gasteiger partial charge in [0.15, 0.2) is 0 Å². The van der Waals surface area contributed by atoms with Crippen molar-refractivity contribution in [3.8, 4) is 0 Å². The van der Waals surface area contributed by atoms with Crippen LogP contribution in [0.25, 0.3) is 0 Å². The van der Waals surface area contributed by atoms with E-state index in [0.29, 0.717) is 19.2 Å². The first-order valence-electron chi connectivity index (χ1n) is 8.18. The van der Waals surface area contributed by atoms with Crippen molar-refractivity contribution < 1.29 is 26.4 Å². The van der Waals surface area contributed by atoms with Gasteiger partial charge in [-0.3, -0.25) is 9.52 Å². The number of halogens is 3. The predicted molar refractivity (Wildman–Crippen MR) is 95.9 cm³/mol. The van der Waals surface area contributed by atoms with Crippen LogP contribution < -0.4 is 4.72 Å². The van der Waals surface area contributed by atoms with Crippen LogP contribution in [0, 0.1) is 0 Å². The molecule has 0 spiro atoms. The van der Waals surface area contributed by atoms with Gasteiger partial charge in [0.05, 0.1) is 10.5 Å². The van der Waals surface area contributed by atoms with Crippen LogP contribution in [0.4, 0.5) is 18.9 Å². The zero-order chi connectivity index (χ0) is 20.2. The number of alkyl halides is 3. The summed E-state index contributed by atoms with van der Waals surface area (Å²) < 4.78 is 65.5. The van der Waals surface area contributed by atoms with Crippen molar-refractivity contribution in [2.45, 2.75) is 24.9 Å². The lowest BCUT2D eigenvalue weighted by atomic mass is 10.2. The number of rotatable bonds is 6. The summed E-state index contributed by atoms with van der Waals surface area (Å²) in [6.45, 7) is 4.54. The molecular weight excluding hydrogens is 381 g/mol. The monoisotopic (exact) mass is 400 g/mol. The van der Waals surface area contributed by atoms with Gasteiger partial charge in [-0.15, -0.1) is 0 Å². The van der Waals surface area contributed by atoms with Gasteiger partial charge in [-0.2, -0.15) is 13.2 Å². The van der Waals surface area contributed by atoms with Crippen molar-refractivity contribution in [3.05, 3.63) is 59.7 Å². The zero-order valence-electron chi connectivity index (χ0n) is 14.7. The SMILES string of the molecule is CCN(CC)C(=O)c1cccc(S(=O)(=O)Nc2cccc(C(F)(F)F)c2)c1. The summed E-state index contributed by atoms with van der Waals surface area (Å²) in [5.74, 6) is -0.323. The second kappa shape index (κ2) is 7.99. The van der Waals surface area contributed by atoms with Crippen LogP contribution in [0.3, 0.4) is 0 Å². The van der Waals surface area contributed by atoms with Crippen LogP contribution in [0.2, 0.25) is 0 Å². The van der Waals surface area contributed by atoms with Gasteiger partial charge in [0, 0.05) is 24.3 Å². The third kappa shape index (κ3) is 5.00. The fourth-order valence-corrected chi connectivity index (χ4v) is 3.56. The van der Waals surface area contributed by atoms with E-state index in [1.165, 1.54) is 35.2 Å². The highest BCUT2D eigenvalue weighted by atomic mass is 32.2. The summed E-state index contributed by atoms with van der Waals surface area (Å²) in [6, 6.07) is 9.27. The molecule has 0 saturated carbocycles. The Kier molecular flexibility index (Phi) is 6.15. The van der Waals surface area contributed by atoms with Gasteiger partial charge < -0.3 is 4.90 Å². The molecule has 1 amide bonds. The summed E-state index contributed by atoms with van der Waals surface area (Å²) in [5, 5.41) is 0. The lowest BCUT2D eigenvalue weighted by Gasteiger charge is -2.19. The van der Waals surface area contributed by atoms with Crippen LogP contribution in [0.15, 0.2) is 53.4 Å². The smallest absolute Gasteiger partial charge is 0.339 e. The van der Waals surface area contributed by atoms with Gasteiger partial charge in [0.2, 0.25) is 0 Å². The van der Waals surface area contributed by atoms with E-state index >= 15 is 0 Å². The van der Waals surface area contributed by atoms with E-state index in [1.807, 2.05) is 0 Å². The number of carbonyl (C=O) groups is 1. The highest BCUT2D eigenvalue weighted by Gasteiger charge is 2.30. The minimum absolute atomic E-state index is 0.186. The number of nitrogens with one attached hydrogen (secondary N) is 1. The van der Waals surface area contributed by atoms with Crippen molar-refractivity contribution in [1.29, 1.82) is 0 Å². The lowest BCUT2D eigenvalue weighted by Crippen LogP contribution is -2.30. The molecule has 5 nitrogen and oxygen atoms in total. The molecule has 9 heteroatoms. The third-order valence-electron chi connectivity index (χ3n) is 3.88. The predicted octanol–water partition coefficient (Wildman–Crippen LogP) is 3.99. The standard InChI is InChI=1S/C18H19F3N2O3S/c1-3-23(4-2)17(24)13-7-5-10-16(11-13)27(25,26)22-15-9-6-8-14(12-15)18(19,20)21/h5-12,22H,3-4H2,1-2H3. The zero-order valence-corrected chi connectivity index (χ0v) is 15.6. The number of amides is 1. The molecule has 0 unspecified atom stereocenters. The quantitative estimate of drug-likeness (QED) is 0.797. The highest BCUT2D eigenvalue weighted by molar-refractivity contribution is 7.92. The maximum absolute atomic E-state index is 12.8. The summed E-state index contributed by atoms with van der Waals surface area (Å²) in [7, 11) is -4.16. The minimum atomic E-state index is -4.59. The molecule has 0 radical (unpaired) electrons. The molecule has 0 saturated heterocycles. The Morgan fingerprint density at radius 3 is 2.26 bits per heavy atom. The average Bonchev–Trinajstić information content (AvgIpc) is 2.62. The molecule has 0 aliphatic rings. The Morgan fingerprint density at radius 2 is 1.67 bits per heavy atom. The van der Waals surface area contributed by atoms with Crippen LogP contribution in [-0.2, 0) is 16.2 Å². The molecule has 0 atom stereocenters. The Balaban J connectivity index is 2.33. The van der Waals surface area contributed by atoms with E-state index in [1.54, 1.807) is 13.8 Å². The van der Waals surface area contributed by atoms with Crippen molar-refractivity contribution in [3.63, 3.8) is 0 Å². The number of anilines is 1. The van der Waals surface area contributed by atoms with Crippen molar-refractivity contribution in [2.75, 3.05) is 17.8 Å². The Bertz CT molecular complexity index is 923. The van der Waals surface area contributed by atoms with Gasteiger partial charge in [0.1, 0.15) is 0 Å². The van der Waals surface area contributed by atoms with Gasteiger partial charge >= 0.3 is 6.18 Å². The number of sulfonamides is 1. The Labute approximate surface area is 155 Å². The number of nitrogens with zero attached hydrogens (tertiary/aromatic N) is 1. The van der Waals surface area contributed by atoms with E-state index in [-0.39, 0.29) is 22.1 Å². The molecular formula is C18H19F3N2O3S. The van der Waals surface area contributed by atoms with E-state index in [4.69, 9.17) is 0 Å². The van der Waals surface area contributed by atoms with Crippen LogP contribution >= 0.6 is 0 Å². The number of hydrogen-bond donors (Lipinski definition) is 1. The Hall–Kier alpha value is -2.55. The fraction of sp³-hybridized carbons (Fsp3) is 0.278. The molecule has 2 aromatic carbocycles. The molecule has 0 heterocycles. The Morgan fingerprint density at radius 1 is 1.04 bits per heavy atom. The van der Waals surface area contributed by atoms with Gasteiger partial charge in [-0.1, -0.05) is 12.1 Å². The van der Waals surface area contributed by atoms with Crippen LogP contribution in [0.1, 0.15) is 29.8 Å². The van der Waals surface area contributed by atoms with Crippen molar-refractivity contribution in [1.82, 2.24) is 4.90 Å². The number of benzene rings is 2. The maximum atomic E-state index is 12.8. The molecule has 0 bridgehead atoms. The second-order valence-electron chi connectivity index (χ2n) is 5.69. The topological polar surface area (TPSA) is 66.5 Å². The first kappa shape index (κ1) is 20.8. The second-order valence-corrected chi connectivity index (χ2v) is 7.37. The van der Waals surface area contributed by atoms with Crippen molar-refractivity contribution in [2.24, 2.45) is 0 Å². The number of carbonyl (C=O) groups excluding carboxylic acids is 1. The summed E-state index contributed by atoms with van der Waals surface area (Å²) in [5.41, 5.74) is -0.996. The molecule has 0 aliphatic heterocycles. The molecule has 0 fully saturated rings. The molecule has 146 valence electrons. The fourth-order valence-electron chi connectivity index (χ4n) is 2.46. The summed E-state index contributed by atoms with van der Waals surface area (Å²) in [4.78, 5) is 13.7. The first-order valence-corrected chi connectivity index (χ1v) is 9.66. The summed E-state index contributed by atoms with van der Waals surface area (Å²) >= 11 is 0. The largest absolute Gasteiger partial charge is 0.416 e. The maximum Gasteiger partial charge on any atom is 0.416 e. The molecule has 2 aromatic rings. The van der Waals surface area contributed by atoms with E-state index < -0.39 is 21.8 Å². The van der Waals surface area contributed by atoms with Crippen LogP contribution in [0.5, 0.6) is 0 Å². The normalized spacial score (nSPS) is 11.9. The van der Waals surface area contributed by atoms with Gasteiger partial charge in [-0.05, 0) is 50.2 Å². The number of hydrogen-bond acceptors (Lipinski definition) is 3. The van der Waals surface area contributed by atoms with Gasteiger partial charge in [0.25, 0.3) is 15.9 Å². The first-order chi connectivity index (χ1) is 12.6. The third-order valence-corrected chi connectivity index (χ3v) is 5.26. The highest BCUT2D eigenvalue weighted by Crippen LogP contribution is 2.31. The van der Waals surface area contributed by atoms with Gasteiger partial charge in [-0.25, -0.2) is 8.42 Å². The molecule has 0 aromatic heterocycles. The molecule has 2 rings (SSSR count). The van der Waals surface area contributed by atoms with E-state index in [0.717, 1.165) is 12.1 Å². The molecule has 27 heavy (non-hydrogen) atoms. The van der Waals surface area contributed by atoms with Crippen LogP contribution in [-0.4, -0.2) is 32.3 Å². The molecule has 1 N–H and O–H groups in total. The molecule has 0 aliphatic carbocycles. The van der Waals surface area contributed by atoms with E-state index in [9.17, 15) is 26.4 Å². The minimum Gasteiger partial charge on any atom is -0.339 e. The van der Waals surface area contributed by atoms with Crippen molar-refractivity contribution >= 4 is 21.6 Å².